The Kier molecular flexibility index (Phi) is 8.33. The van der Waals surface area contributed by atoms with E-state index in [1.807, 2.05) is 0 Å². The number of rotatable bonds is 2. The number of fused-ring (bicyclic) bond motifs is 2. The molecule has 0 unspecified atom stereocenters. The summed E-state index contributed by atoms with van der Waals surface area (Å²) in [6, 6.07) is 1.27. The number of benzene rings is 1. The molecule has 2 heterocycles. The molecule has 5 amide bonds. The highest BCUT2D eigenvalue weighted by molar-refractivity contribution is 5.99. The van der Waals surface area contributed by atoms with E-state index in [-0.39, 0.29) is 50.3 Å². The molecule has 1 fully saturated rings. The topological polar surface area (TPSA) is 149 Å². The molecule has 0 spiro atoms. The molecule has 0 bridgehead atoms. The van der Waals surface area contributed by atoms with Gasteiger partial charge < -0.3 is 35.2 Å². The van der Waals surface area contributed by atoms with Gasteiger partial charge in [0.15, 0.2) is 0 Å². The fourth-order valence-corrected chi connectivity index (χ4v) is 4.47. The molecule has 0 aliphatic carbocycles. The molecule has 2 aliphatic rings. The van der Waals surface area contributed by atoms with E-state index in [9.17, 15) is 28.4 Å². The Hall–Kier alpha value is -3.90. The number of likely N-dealkylation sites (N-methyl/N-ethyl adjacent to an activating group) is 3. The van der Waals surface area contributed by atoms with E-state index in [0.717, 1.165) is 17.0 Å². The highest BCUT2D eigenvalue weighted by Gasteiger charge is 2.38. The molecule has 0 aromatic heterocycles. The Bertz CT molecular complexity index is 1050. The fraction of sp³-hybridized carbons (Fsp3) is 0.522. The summed E-state index contributed by atoms with van der Waals surface area (Å²) in [5, 5.41) is 13.9. The molecule has 1 aromatic rings. The summed E-state index contributed by atoms with van der Waals surface area (Å²) in [5.74, 6) is -2.63. The van der Waals surface area contributed by atoms with Crippen LogP contribution in [0.15, 0.2) is 18.2 Å². The zero-order valence-electron chi connectivity index (χ0n) is 20.3. The van der Waals surface area contributed by atoms with Gasteiger partial charge in [0.2, 0.25) is 17.7 Å². The number of carbonyl (C=O) groups is 5. The highest BCUT2D eigenvalue weighted by Crippen LogP contribution is 2.26. The van der Waals surface area contributed by atoms with Crippen LogP contribution in [0.3, 0.4) is 0 Å². The monoisotopic (exact) mass is 507 g/mol. The Labute approximate surface area is 207 Å². The number of carboxylic acid groups (broad SMARTS) is 1. The molecule has 0 saturated carbocycles. The van der Waals surface area contributed by atoms with Gasteiger partial charge in [0.25, 0.3) is 5.91 Å². The average Bonchev–Trinajstić information content (AvgIpc) is 3.23. The molecule has 2 aliphatic heterocycles. The van der Waals surface area contributed by atoms with E-state index in [2.05, 4.69) is 10.6 Å². The summed E-state index contributed by atoms with van der Waals surface area (Å²) in [4.78, 5) is 66.6. The molecule has 1 aromatic carbocycles. The lowest BCUT2D eigenvalue weighted by atomic mass is 10.1. The molecule has 0 radical (unpaired) electrons. The Balaban J connectivity index is 1.98. The second-order valence-electron chi connectivity index (χ2n) is 8.87. The molecule has 1 saturated heterocycles. The van der Waals surface area contributed by atoms with Crippen molar-refractivity contribution in [1.29, 1.82) is 0 Å². The van der Waals surface area contributed by atoms with Crippen LogP contribution in [0.2, 0.25) is 0 Å². The van der Waals surface area contributed by atoms with Gasteiger partial charge in [0, 0.05) is 34.1 Å². The minimum Gasteiger partial charge on any atom is -0.491 e. The van der Waals surface area contributed by atoms with Crippen LogP contribution >= 0.6 is 0 Å². The predicted octanol–water partition coefficient (Wildman–Crippen LogP) is -0.120. The van der Waals surface area contributed by atoms with Crippen LogP contribution < -0.4 is 15.4 Å². The van der Waals surface area contributed by atoms with Crippen LogP contribution in [-0.4, -0.2) is 108 Å². The number of carbonyl (C=O) groups excluding carboxylic acids is 4. The first kappa shape index (κ1) is 26.7. The van der Waals surface area contributed by atoms with Crippen molar-refractivity contribution in [2.24, 2.45) is 0 Å². The Morgan fingerprint density at radius 1 is 1.17 bits per heavy atom. The maximum absolute atomic E-state index is 14.1. The largest absolute Gasteiger partial charge is 0.491 e. The molecular weight excluding hydrogens is 477 g/mol. The van der Waals surface area contributed by atoms with E-state index in [1.54, 1.807) is 0 Å². The SMILES string of the molecule is CNC(=O)[C@@H]1CCC(=O)N(C)CC(=O)N2C[C@@H](NC(=O)O)C[C@H]2COc2ccc(F)cc2C(=O)N1C. The minimum absolute atomic E-state index is 0.0261. The number of ether oxygens (including phenoxy) is 1. The maximum atomic E-state index is 14.1. The van der Waals surface area contributed by atoms with E-state index >= 15 is 0 Å². The third-order valence-electron chi connectivity index (χ3n) is 6.43. The van der Waals surface area contributed by atoms with Gasteiger partial charge in [0.05, 0.1) is 24.2 Å². The van der Waals surface area contributed by atoms with E-state index in [4.69, 9.17) is 9.84 Å². The van der Waals surface area contributed by atoms with Gasteiger partial charge in [-0.3, -0.25) is 19.2 Å². The van der Waals surface area contributed by atoms with Gasteiger partial charge in [-0.05, 0) is 31.0 Å². The summed E-state index contributed by atoms with van der Waals surface area (Å²) in [5.41, 5.74) is -0.124. The summed E-state index contributed by atoms with van der Waals surface area (Å²) >= 11 is 0. The van der Waals surface area contributed by atoms with Gasteiger partial charge in [0.1, 0.15) is 24.2 Å². The quantitative estimate of drug-likeness (QED) is 0.505. The number of nitrogens with one attached hydrogen (secondary N) is 2. The van der Waals surface area contributed by atoms with E-state index < -0.39 is 53.7 Å². The van der Waals surface area contributed by atoms with Crippen molar-refractivity contribution in [3.63, 3.8) is 0 Å². The van der Waals surface area contributed by atoms with Crippen LogP contribution in [0, 0.1) is 5.82 Å². The van der Waals surface area contributed by atoms with Gasteiger partial charge in [-0.1, -0.05) is 0 Å². The van der Waals surface area contributed by atoms with Gasteiger partial charge >= 0.3 is 6.09 Å². The first-order valence-electron chi connectivity index (χ1n) is 11.5. The third-order valence-corrected chi connectivity index (χ3v) is 6.43. The van der Waals surface area contributed by atoms with Crippen LogP contribution in [0.4, 0.5) is 9.18 Å². The average molecular weight is 508 g/mol. The highest BCUT2D eigenvalue weighted by atomic mass is 19.1. The lowest BCUT2D eigenvalue weighted by molar-refractivity contribution is -0.140. The second kappa shape index (κ2) is 11.2. The van der Waals surface area contributed by atoms with Crippen molar-refractivity contribution in [2.45, 2.75) is 37.4 Å². The lowest BCUT2D eigenvalue weighted by Crippen LogP contribution is -2.48. The molecule has 196 valence electrons. The van der Waals surface area contributed by atoms with Crippen molar-refractivity contribution < 1.29 is 38.2 Å². The zero-order valence-corrected chi connectivity index (χ0v) is 20.3. The molecule has 3 N–H and O–H groups in total. The van der Waals surface area contributed by atoms with Gasteiger partial charge in [-0.2, -0.15) is 0 Å². The minimum atomic E-state index is -1.23. The number of amides is 5. The van der Waals surface area contributed by atoms with Crippen molar-refractivity contribution >= 4 is 29.7 Å². The zero-order chi connectivity index (χ0) is 26.6. The number of hydrogen-bond acceptors (Lipinski definition) is 6. The first-order valence-corrected chi connectivity index (χ1v) is 11.5. The molecule has 12 nitrogen and oxygen atoms in total. The van der Waals surface area contributed by atoms with Crippen molar-refractivity contribution in [3.05, 3.63) is 29.6 Å². The van der Waals surface area contributed by atoms with E-state index in [0.29, 0.717) is 0 Å². The van der Waals surface area contributed by atoms with Crippen LogP contribution in [0.25, 0.3) is 0 Å². The van der Waals surface area contributed by atoms with Crippen molar-refractivity contribution in [3.8, 4) is 5.75 Å². The molecule has 13 heteroatoms. The third kappa shape index (κ3) is 6.01. The van der Waals surface area contributed by atoms with E-state index in [1.165, 1.54) is 37.0 Å². The summed E-state index contributed by atoms with van der Waals surface area (Å²) in [7, 11) is 4.24. The predicted molar refractivity (Wildman–Crippen MR) is 124 cm³/mol. The summed E-state index contributed by atoms with van der Waals surface area (Å²) in [6.07, 6.45) is -1.14. The van der Waals surface area contributed by atoms with Gasteiger partial charge in [-0.25, -0.2) is 9.18 Å². The summed E-state index contributed by atoms with van der Waals surface area (Å²) in [6.45, 7) is -0.274. The standard InChI is InChI=1S/C23H30FN5O7/c1-25-21(32)17-5-7-19(30)27(2)11-20(31)29-10-14(26-23(34)35)9-15(29)12-36-18-6-4-13(24)8-16(18)22(33)28(17)3/h4,6,8,14-15,17,26H,5,7,9-12H2,1-3H3,(H,25,32)(H,34,35)/t14-,15-,17-/m0/s1. The lowest BCUT2D eigenvalue weighted by Gasteiger charge is -2.28. The number of halogens is 1. The van der Waals surface area contributed by atoms with Crippen LogP contribution in [0.1, 0.15) is 29.6 Å². The molecule has 36 heavy (non-hydrogen) atoms. The first-order chi connectivity index (χ1) is 17.0. The number of hydrogen-bond donors (Lipinski definition) is 3. The van der Waals surface area contributed by atoms with Crippen molar-refractivity contribution in [2.75, 3.05) is 40.8 Å². The fourth-order valence-electron chi connectivity index (χ4n) is 4.47. The Morgan fingerprint density at radius 2 is 1.89 bits per heavy atom. The molecular formula is C23H30FN5O7. The normalized spacial score (nSPS) is 23.7. The van der Waals surface area contributed by atoms with Gasteiger partial charge in [-0.15, -0.1) is 0 Å². The summed E-state index contributed by atoms with van der Waals surface area (Å²) < 4.78 is 20.0. The Morgan fingerprint density at radius 3 is 2.56 bits per heavy atom. The molecule has 3 rings (SSSR count). The smallest absolute Gasteiger partial charge is 0.404 e. The number of nitrogens with zero attached hydrogens (tertiary/aromatic N) is 3. The van der Waals surface area contributed by atoms with Crippen LogP contribution in [0.5, 0.6) is 5.75 Å². The molecule has 3 atom stereocenters. The maximum Gasteiger partial charge on any atom is 0.404 e. The van der Waals surface area contributed by atoms with Crippen LogP contribution in [-0.2, 0) is 14.4 Å². The van der Waals surface area contributed by atoms with Crippen molar-refractivity contribution in [1.82, 2.24) is 25.3 Å². The second-order valence-corrected chi connectivity index (χ2v) is 8.87.